The van der Waals surface area contributed by atoms with Crippen LogP contribution < -0.4 is 5.32 Å². The van der Waals surface area contributed by atoms with Crippen molar-refractivity contribution in [1.29, 1.82) is 0 Å². The van der Waals surface area contributed by atoms with E-state index in [1.165, 1.54) is 42.6 Å². The average molecular weight is 318 g/mol. The molecule has 0 spiro atoms. The van der Waals surface area contributed by atoms with E-state index < -0.39 is 0 Å². The number of amides is 1. The molecule has 0 saturated carbocycles. The first-order valence-electron chi connectivity index (χ1n) is 7.29. The van der Waals surface area contributed by atoms with E-state index in [9.17, 15) is 4.79 Å². The molecule has 1 amide bonds. The first-order chi connectivity index (χ1) is 10.3. The molecule has 0 atom stereocenters. The van der Waals surface area contributed by atoms with Gasteiger partial charge in [-0.15, -0.1) is 22.7 Å². The van der Waals surface area contributed by atoms with Crippen LogP contribution in [0.1, 0.15) is 41.8 Å². The number of nitrogens with one attached hydrogen (secondary N) is 1. The largest absolute Gasteiger partial charge is 0.351 e. The molecule has 1 aliphatic rings. The highest BCUT2D eigenvalue weighted by molar-refractivity contribution is 7.21. The van der Waals surface area contributed by atoms with Gasteiger partial charge in [0.25, 0.3) is 5.91 Å². The van der Waals surface area contributed by atoms with E-state index in [0.29, 0.717) is 4.88 Å². The van der Waals surface area contributed by atoms with Gasteiger partial charge in [0.1, 0.15) is 9.88 Å². The molecule has 0 aromatic carbocycles. The van der Waals surface area contributed by atoms with Gasteiger partial charge in [0, 0.05) is 6.54 Å². The molecule has 0 unspecified atom stereocenters. The summed E-state index contributed by atoms with van der Waals surface area (Å²) in [5, 5.41) is 5.94. The molecule has 3 nitrogen and oxygen atoms in total. The van der Waals surface area contributed by atoms with Crippen molar-refractivity contribution in [1.82, 2.24) is 10.3 Å². The number of hydrogen-bond acceptors (Lipinski definition) is 4. The predicted molar refractivity (Wildman–Crippen MR) is 88.9 cm³/mol. The molecule has 21 heavy (non-hydrogen) atoms. The van der Waals surface area contributed by atoms with Crippen LogP contribution in [-0.2, 0) is 0 Å². The van der Waals surface area contributed by atoms with Crippen molar-refractivity contribution < 1.29 is 4.79 Å². The zero-order valence-electron chi connectivity index (χ0n) is 11.8. The van der Waals surface area contributed by atoms with Crippen LogP contribution >= 0.6 is 22.7 Å². The van der Waals surface area contributed by atoms with Gasteiger partial charge in [0.05, 0.1) is 11.1 Å². The van der Waals surface area contributed by atoms with Gasteiger partial charge in [0.15, 0.2) is 0 Å². The number of rotatable bonds is 5. The van der Waals surface area contributed by atoms with Crippen LogP contribution in [0.4, 0.5) is 0 Å². The normalized spacial score (nSPS) is 14.8. The fraction of sp³-hybridized carbons (Fsp3) is 0.375. The van der Waals surface area contributed by atoms with Crippen molar-refractivity contribution in [2.24, 2.45) is 0 Å². The molecule has 0 radical (unpaired) electrons. The van der Waals surface area contributed by atoms with Crippen molar-refractivity contribution in [2.45, 2.75) is 32.1 Å². The standard InChI is InChI=1S/C16H18N2OS2/c19-15(17-9-8-12-5-2-1-3-6-12)14-11-18-16(21-14)13-7-4-10-20-13/h4-5,7,10-11H,1-3,6,8-9H2,(H,17,19). The molecule has 2 aromatic heterocycles. The van der Waals surface area contributed by atoms with Crippen LogP contribution in [0.25, 0.3) is 9.88 Å². The van der Waals surface area contributed by atoms with Crippen molar-refractivity contribution >= 4 is 28.6 Å². The molecule has 0 bridgehead atoms. The summed E-state index contributed by atoms with van der Waals surface area (Å²) in [6.07, 6.45) is 9.97. The Kier molecular flexibility index (Phi) is 4.83. The lowest BCUT2D eigenvalue weighted by Crippen LogP contribution is -2.24. The quantitative estimate of drug-likeness (QED) is 0.825. The average Bonchev–Trinajstić information content (AvgIpc) is 3.19. The number of nitrogens with zero attached hydrogens (tertiary/aromatic N) is 1. The molecule has 5 heteroatoms. The topological polar surface area (TPSA) is 42.0 Å². The Labute approximate surface area is 132 Å². The molecule has 0 aliphatic heterocycles. The van der Waals surface area contributed by atoms with Gasteiger partial charge in [-0.05, 0) is 43.6 Å². The molecule has 0 saturated heterocycles. The third kappa shape index (κ3) is 3.80. The zero-order chi connectivity index (χ0) is 14.5. The maximum absolute atomic E-state index is 12.1. The number of thiazole rings is 1. The number of allylic oxidation sites excluding steroid dienone is 1. The van der Waals surface area contributed by atoms with Crippen molar-refractivity contribution in [3.8, 4) is 9.88 Å². The highest BCUT2D eigenvalue weighted by atomic mass is 32.1. The van der Waals surface area contributed by atoms with Gasteiger partial charge < -0.3 is 5.32 Å². The SMILES string of the molecule is O=C(NCCC1=CCCCC1)c1cnc(-c2cccs2)s1. The van der Waals surface area contributed by atoms with E-state index in [4.69, 9.17) is 0 Å². The van der Waals surface area contributed by atoms with Gasteiger partial charge in [0.2, 0.25) is 0 Å². The highest BCUT2D eigenvalue weighted by Gasteiger charge is 2.12. The van der Waals surface area contributed by atoms with Gasteiger partial charge in [-0.25, -0.2) is 4.98 Å². The third-order valence-electron chi connectivity index (χ3n) is 3.58. The van der Waals surface area contributed by atoms with Crippen molar-refractivity contribution in [3.63, 3.8) is 0 Å². The molecule has 1 N–H and O–H groups in total. The molecule has 110 valence electrons. The Morgan fingerprint density at radius 1 is 1.38 bits per heavy atom. The molecule has 0 fully saturated rings. The summed E-state index contributed by atoms with van der Waals surface area (Å²) in [5.74, 6) is -0.00767. The maximum atomic E-state index is 12.1. The molecule has 2 aromatic rings. The first kappa shape index (κ1) is 14.5. The fourth-order valence-corrected chi connectivity index (χ4v) is 4.09. The second-order valence-electron chi connectivity index (χ2n) is 5.12. The molecular weight excluding hydrogens is 300 g/mol. The molecular formula is C16H18N2OS2. The summed E-state index contributed by atoms with van der Waals surface area (Å²) in [6.45, 7) is 0.719. The fourth-order valence-electron chi connectivity index (χ4n) is 2.45. The van der Waals surface area contributed by atoms with Gasteiger partial charge >= 0.3 is 0 Å². The van der Waals surface area contributed by atoms with Crippen molar-refractivity contribution in [2.75, 3.05) is 6.54 Å². The van der Waals surface area contributed by atoms with Crippen LogP contribution in [0.3, 0.4) is 0 Å². The Morgan fingerprint density at radius 2 is 2.33 bits per heavy atom. The van der Waals surface area contributed by atoms with E-state index in [1.54, 1.807) is 17.5 Å². The first-order valence-corrected chi connectivity index (χ1v) is 8.98. The van der Waals surface area contributed by atoms with Gasteiger partial charge in [-0.1, -0.05) is 17.7 Å². The lowest BCUT2D eigenvalue weighted by Gasteiger charge is -2.12. The highest BCUT2D eigenvalue weighted by Crippen LogP contribution is 2.28. The maximum Gasteiger partial charge on any atom is 0.263 e. The van der Waals surface area contributed by atoms with Crippen LogP contribution in [0.2, 0.25) is 0 Å². The lowest BCUT2D eigenvalue weighted by atomic mass is 9.97. The summed E-state index contributed by atoms with van der Waals surface area (Å²) in [6, 6.07) is 4.03. The molecule has 2 heterocycles. The monoisotopic (exact) mass is 318 g/mol. The second-order valence-corrected chi connectivity index (χ2v) is 7.10. The molecule has 1 aliphatic carbocycles. The number of hydrogen-bond donors (Lipinski definition) is 1. The van der Waals surface area contributed by atoms with E-state index in [2.05, 4.69) is 16.4 Å². The minimum atomic E-state index is -0.00767. The Morgan fingerprint density at radius 3 is 3.10 bits per heavy atom. The van der Waals surface area contributed by atoms with E-state index in [-0.39, 0.29) is 5.91 Å². The number of thiophene rings is 1. The number of carbonyl (C=O) groups excluding carboxylic acids is 1. The van der Waals surface area contributed by atoms with Crippen LogP contribution in [0.5, 0.6) is 0 Å². The Balaban J connectivity index is 1.52. The summed E-state index contributed by atoms with van der Waals surface area (Å²) in [4.78, 5) is 18.3. The van der Waals surface area contributed by atoms with Crippen LogP contribution in [-0.4, -0.2) is 17.4 Å². The number of carbonyl (C=O) groups is 1. The molecule has 3 rings (SSSR count). The van der Waals surface area contributed by atoms with E-state index in [0.717, 1.165) is 22.9 Å². The summed E-state index contributed by atoms with van der Waals surface area (Å²) in [7, 11) is 0. The van der Waals surface area contributed by atoms with Gasteiger partial charge in [-0.2, -0.15) is 0 Å². The minimum Gasteiger partial charge on any atom is -0.351 e. The zero-order valence-corrected chi connectivity index (χ0v) is 13.4. The summed E-state index contributed by atoms with van der Waals surface area (Å²) >= 11 is 3.10. The van der Waals surface area contributed by atoms with E-state index in [1.807, 2.05) is 17.5 Å². The third-order valence-corrected chi connectivity index (χ3v) is 5.61. The van der Waals surface area contributed by atoms with E-state index >= 15 is 0 Å². The Hall–Kier alpha value is -1.46. The summed E-state index contributed by atoms with van der Waals surface area (Å²) in [5.41, 5.74) is 1.49. The predicted octanol–water partition coefficient (Wildman–Crippen LogP) is 4.49. The minimum absolute atomic E-state index is 0.00767. The van der Waals surface area contributed by atoms with Crippen molar-refractivity contribution in [3.05, 3.63) is 40.2 Å². The lowest BCUT2D eigenvalue weighted by molar-refractivity contribution is 0.0958. The smallest absolute Gasteiger partial charge is 0.263 e. The summed E-state index contributed by atoms with van der Waals surface area (Å²) < 4.78 is 0. The Bertz CT molecular complexity index is 629. The van der Waals surface area contributed by atoms with Crippen LogP contribution in [0, 0.1) is 0 Å². The van der Waals surface area contributed by atoms with Gasteiger partial charge in [-0.3, -0.25) is 4.79 Å². The van der Waals surface area contributed by atoms with Crippen LogP contribution in [0.15, 0.2) is 35.4 Å². The number of aromatic nitrogens is 1. The second kappa shape index (κ2) is 7.00.